The standard InChI is InChI=1S/C30H58NO12P/c1-3-5-7-8-9-10-11-12-13-14-16-17-21(32)19-24(34)31-22(23(33)18-15-6-4-2)20-42-44(40,41)43-30-28(38)26(36)25(35)27(37)29(30)39/h12-13,21-23,25-30,32-33,35-39H,3-11,14-20H2,1-2H3,(H,31,34)(H,40,41)/b13-12-. The average molecular weight is 656 g/mol. The van der Waals surface area contributed by atoms with E-state index in [0.717, 1.165) is 32.1 Å². The van der Waals surface area contributed by atoms with Crippen LogP contribution in [-0.2, 0) is 18.4 Å². The number of hydrogen-bond donors (Lipinski definition) is 9. The molecule has 260 valence electrons. The molecule has 1 aliphatic carbocycles. The van der Waals surface area contributed by atoms with Gasteiger partial charge in [-0.2, -0.15) is 0 Å². The van der Waals surface area contributed by atoms with E-state index in [0.29, 0.717) is 19.3 Å². The zero-order chi connectivity index (χ0) is 33.1. The van der Waals surface area contributed by atoms with E-state index < -0.39 is 75.2 Å². The van der Waals surface area contributed by atoms with Crippen LogP contribution in [0.2, 0.25) is 0 Å². The third kappa shape index (κ3) is 16.0. The fourth-order valence-corrected chi connectivity index (χ4v) is 6.03. The van der Waals surface area contributed by atoms with Gasteiger partial charge in [0.05, 0.1) is 31.3 Å². The lowest BCUT2D eigenvalue weighted by Crippen LogP contribution is -2.64. The Morgan fingerprint density at radius 2 is 1.30 bits per heavy atom. The zero-order valence-electron chi connectivity index (χ0n) is 26.3. The van der Waals surface area contributed by atoms with E-state index in [1.54, 1.807) is 0 Å². The molecule has 0 radical (unpaired) electrons. The van der Waals surface area contributed by atoms with Gasteiger partial charge in [-0.25, -0.2) is 4.57 Å². The lowest BCUT2D eigenvalue weighted by molar-refractivity contribution is -0.220. The summed E-state index contributed by atoms with van der Waals surface area (Å²) >= 11 is 0. The molecule has 1 fully saturated rings. The number of hydrogen-bond acceptors (Lipinski definition) is 11. The van der Waals surface area contributed by atoms with E-state index in [1.807, 2.05) is 6.92 Å². The number of amides is 1. The van der Waals surface area contributed by atoms with Crippen LogP contribution in [0.4, 0.5) is 0 Å². The van der Waals surface area contributed by atoms with Crippen molar-refractivity contribution in [2.75, 3.05) is 6.61 Å². The molecule has 1 saturated carbocycles. The first kappa shape index (κ1) is 41.1. The first-order valence-corrected chi connectivity index (χ1v) is 17.7. The van der Waals surface area contributed by atoms with Crippen molar-refractivity contribution in [1.82, 2.24) is 5.32 Å². The average Bonchev–Trinajstić information content (AvgIpc) is 2.98. The third-order valence-electron chi connectivity index (χ3n) is 7.88. The van der Waals surface area contributed by atoms with Gasteiger partial charge in [0.25, 0.3) is 0 Å². The van der Waals surface area contributed by atoms with Crippen molar-refractivity contribution < 1.29 is 59.0 Å². The van der Waals surface area contributed by atoms with Crippen LogP contribution in [0.25, 0.3) is 0 Å². The van der Waals surface area contributed by atoms with Gasteiger partial charge in [0.2, 0.25) is 5.91 Å². The van der Waals surface area contributed by atoms with Crippen LogP contribution in [0, 0.1) is 0 Å². The molecular formula is C30H58NO12P. The second kappa shape index (κ2) is 22.5. The van der Waals surface area contributed by atoms with E-state index in [4.69, 9.17) is 9.05 Å². The summed E-state index contributed by atoms with van der Waals surface area (Å²) in [7, 11) is -5.08. The Hall–Kier alpha value is -0.960. The Bertz CT molecular complexity index is 833. The highest BCUT2D eigenvalue weighted by Crippen LogP contribution is 2.47. The highest BCUT2D eigenvalue weighted by Gasteiger charge is 2.51. The number of phosphoric acid groups is 1. The molecular weight excluding hydrogens is 597 g/mol. The maximum absolute atomic E-state index is 12.7. The Kier molecular flexibility index (Phi) is 21.0. The van der Waals surface area contributed by atoms with Gasteiger partial charge in [0.1, 0.15) is 36.6 Å². The molecule has 8 atom stereocenters. The van der Waals surface area contributed by atoms with Gasteiger partial charge in [-0.1, -0.05) is 77.4 Å². The minimum Gasteiger partial charge on any atom is -0.393 e. The lowest BCUT2D eigenvalue weighted by Gasteiger charge is -2.41. The number of aliphatic hydroxyl groups is 7. The summed E-state index contributed by atoms with van der Waals surface area (Å²) in [6.07, 6.45) is 2.91. The summed E-state index contributed by atoms with van der Waals surface area (Å²) in [5.74, 6) is -0.591. The predicted octanol–water partition coefficient (Wildman–Crippen LogP) is 1.96. The molecule has 0 aromatic carbocycles. The van der Waals surface area contributed by atoms with Gasteiger partial charge in [-0.15, -0.1) is 0 Å². The fraction of sp³-hybridized carbons (Fsp3) is 0.900. The van der Waals surface area contributed by atoms with Crippen molar-refractivity contribution in [3.8, 4) is 0 Å². The molecule has 8 unspecified atom stereocenters. The van der Waals surface area contributed by atoms with Gasteiger partial charge in [0.15, 0.2) is 0 Å². The second-order valence-corrected chi connectivity index (χ2v) is 13.2. The lowest BCUT2D eigenvalue weighted by atomic mass is 9.85. The molecule has 0 aliphatic heterocycles. The molecule has 44 heavy (non-hydrogen) atoms. The number of allylic oxidation sites excluding steroid dienone is 2. The third-order valence-corrected chi connectivity index (χ3v) is 8.86. The van der Waals surface area contributed by atoms with E-state index in [9.17, 15) is 50.0 Å². The van der Waals surface area contributed by atoms with E-state index in [-0.39, 0.29) is 12.8 Å². The largest absolute Gasteiger partial charge is 0.472 e. The minimum atomic E-state index is -5.08. The number of carbonyl (C=O) groups is 1. The van der Waals surface area contributed by atoms with Crippen LogP contribution in [0.3, 0.4) is 0 Å². The normalized spacial score (nSPS) is 27.6. The molecule has 1 aliphatic rings. The number of carbonyl (C=O) groups excluding carboxylic acids is 1. The van der Waals surface area contributed by atoms with Crippen molar-refractivity contribution in [1.29, 1.82) is 0 Å². The highest BCUT2D eigenvalue weighted by atomic mass is 31.2. The van der Waals surface area contributed by atoms with Crippen molar-refractivity contribution in [2.24, 2.45) is 0 Å². The summed E-state index contributed by atoms with van der Waals surface area (Å²) < 4.78 is 22.4. The van der Waals surface area contributed by atoms with Crippen LogP contribution in [0.15, 0.2) is 12.2 Å². The van der Waals surface area contributed by atoms with E-state index >= 15 is 0 Å². The predicted molar refractivity (Wildman–Crippen MR) is 164 cm³/mol. The SMILES string of the molecule is CCCCCCCC/C=C\CCCC(O)CC(=O)NC(COP(=O)(O)OC1C(O)C(O)C(O)C(O)C1O)C(O)CCCCC. The molecule has 1 rings (SSSR count). The Morgan fingerprint density at radius 1 is 0.773 bits per heavy atom. The molecule has 1 amide bonds. The first-order chi connectivity index (χ1) is 20.8. The molecule has 13 nitrogen and oxygen atoms in total. The Labute approximate surface area is 261 Å². The van der Waals surface area contributed by atoms with Crippen LogP contribution in [0.1, 0.15) is 110 Å². The van der Waals surface area contributed by atoms with E-state index in [1.165, 1.54) is 32.1 Å². The van der Waals surface area contributed by atoms with Gasteiger partial charge in [0, 0.05) is 0 Å². The molecule has 0 heterocycles. The molecule has 14 heteroatoms. The maximum atomic E-state index is 12.7. The minimum absolute atomic E-state index is 0.245. The van der Waals surface area contributed by atoms with Crippen LogP contribution in [0.5, 0.6) is 0 Å². The van der Waals surface area contributed by atoms with Crippen molar-refractivity contribution in [3.63, 3.8) is 0 Å². The Morgan fingerprint density at radius 3 is 1.91 bits per heavy atom. The zero-order valence-corrected chi connectivity index (χ0v) is 27.2. The van der Waals surface area contributed by atoms with Gasteiger partial charge >= 0.3 is 7.82 Å². The first-order valence-electron chi connectivity index (χ1n) is 16.2. The highest BCUT2D eigenvalue weighted by molar-refractivity contribution is 7.47. The van der Waals surface area contributed by atoms with Crippen LogP contribution < -0.4 is 5.32 Å². The van der Waals surface area contributed by atoms with E-state index in [2.05, 4.69) is 24.4 Å². The van der Waals surface area contributed by atoms with Crippen molar-refractivity contribution in [3.05, 3.63) is 12.2 Å². The molecule has 0 bridgehead atoms. The second-order valence-electron chi connectivity index (χ2n) is 11.8. The quantitative estimate of drug-likeness (QED) is 0.0413. The summed E-state index contributed by atoms with van der Waals surface area (Å²) in [6.45, 7) is 3.48. The molecule has 0 spiro atoms. The fourth-order valence-electron chi connectivity index (χ4n) is 5.07. The van der Waals surface area contributed by atoms with Crippen molar-refractivity contribution in [2.45, 2.75) is 165 Å². The molecule has 0 aromatic rings. The molecule has 9 N–H and O–H groups in total. The monoisotopic (exact) mass is 655 g/mol. The molecule has 0 aromatic heterocycles. The van der Waals surface area contributed by atoms with Gasteiger partial charge in [-0.3, -0.25) is 13.8 Å². The van der Waals surface area contributed by atoms with Gasteiger partial charge < -0.3 is 46.0 Å². The summed E-state index contributed by atoms with van der Waals surface area (Å²) in [4.78, 5) is 22.9. The topological polar surface area (TPSA) is 226 Å². The summed E-state index contributed by atoms with van der Waals surface area (Å²) in [5, 5.41) is 73.1. The Balaban J connectivity index is 2.59. The summed E-state index contributed by atoms with van der Waals surface area (Å²) in [6, 6.07) is -1.15. The summed E-state index contributed by atoms with van der Waals surface area (Å²) in [5.41, 5.74) is 0. The van der Waals surface area contributed by atoms with Crippen LogP contribution in [-0.4, -0.2) is 108 Å². The molecule has 0 saturated heterocycles. The number of unbranched alkanes of at least 4 members (excludes halogenated alkanes) is 9. The maximum Gasteiger partial charge on any atom is 0.472 e. The van der Waals surface area contributed by atoms with Crippen molar-refractivity contribution >= 4 is 13.7 Å². The van der Waals surface area contributed by atoms with Gasteiger partial charge in [-0.05, 0) is 38.5 Å². The number of nitrogens with one attached hydrogen (secondary N) is 1. The smallest absolute Gasteiger partial charge is 0.393 e. The van der Waals surface area contributed by atoms with Crippen LogP contribution >= 0.6 is 7.82 Å². The number of rotatable bonds is 24. The number of phosphoric ester groups is 1. The number of aliphatic hydroxyl groups excluding tert-OH is 7.